The lowest BCUT2D eigenvalue weighted by molar-refractivity contribution is 0.106. The van der Waals surface area contributed by atoms with Gasteiger partial charge in [-0.3, -0.25) is 4.90 Å². The quantitative estimate of drug-likeness (QED) is 0.761. The Morgan fingerprint density at radius 3 is 2.32 bits per heavy atom. The van der Waals surface area contributed by atoms with Gasteiger partial charge in [-0.05, 0) is 46.7 Å². The Morgan fingerprint density at radius 2 is 1.89 bits per heavy atom. The molecule has 1 heterocycles. The highest BCUT2D eigenvalue weighted by Crippen LogP contribution is 2.16. The van der Waals surface area contributed by atoms with E-state index in [1.165, 1.54) is 26.2 Å². The van der Waals surface area contributed by atoms with Crippen molar-refractivity contribution in [3.05, 3.63) is 0 Å². The third-order valence-corrected chi connectivity index (χ3v) is 4.51. The number of piperazine rings is 1. The van der Waals surface area contributed by atoms with Crippen LogP contribution >= 0.6 is 0 Å². The van der Waals surface area contributed by atoms with Crippen LogP contribution in [0.4, 0.5) is 0 Å². The van der Waals surface area contributed by atoms with E-state index in [4.69, 9.17) is 0 Å². The number of rotatable bonds is 7. The highest BCUT2D eigenvalue weighted by atomic mass is 15.3. The normalized spacial score (nSPS) is 21.3. The average Bonchev–Trinajstić information content (AvgIpc) is 2.45. The molecular formula is C15H30N4. The van der Waals surface area contributed by atoms with Gasteiger partial charge in [-0.15, -0.1) is 0 Å². The third kappa shape index (κ3) is 4.76. The Bertz CT molecular complexity index is 283. The fourth-order valence-electron chi connectivity index (χ4n) is 2.78. The molecule has 0 aromatic carbocycles. The molecule has 1 N–H and O–H groups in total. The van der Waals surface area contributed by atoms with Gasteiger partial charge in [0.1, 0.15) is 5.54 Å². The topological polar surface area (TPSA) is 42.3 Å². The molecule has 19 heavy (non-hydrogen) atoms. The molecule has 1 aliphatic rings. The molecule has 1 rings (SSSR count). The van der Waals surface area contributed by atoms with E-state index in [0.717, 1.165) is 25.8 Å². The van der Waals surface area contributed by atoms with Crippen LogP contribution in [0, 0.1) is 11.3 Å². The van der Waals surface area contributed by atoms with Crippen molar-refractivity contribution in [2.24, 2.45) is 0 Å². The molecule has 1 atom stereocenters. The first-order valence-corrected chi connectivity index (χ1v) is 7.63. The summed E-state index contributed by atoms with van der Waals surface area (Å²) < 4.78 is 0. The molecule has 0 amide bonds. The molecule has 0 bridgehead atoms. The minimum atomic E-state index is -0.320. The maximum Gasteiger partial charge on any atom is 0.106 e. The van der Waals surface area contributed by atoms with Gasteiger partial charge in [-0.25, -0.2) is 0 Å². The largest absolute Gasteiger partial charge is 0.302 e. The second kappa shape index (κ2) is 7.84. The number of nitrogens with zero attached hydrogens (tertiary/aromatic N) is 3. The number of nitrogens with one attached hydrogen (secondary N) is 1. The van der Waals surface area contributed by atoms with E-state index in [1.807, 2.05) is 7.05 Å². The molecule has 4 nitrogen and oxygen atoms in total. The molecule has 0 aliphatic carbocycles. The van der Waals surface area contributed by atoms with E-state index in [0.29, 0.717) is 6.04 Å². The fourth-order valence-corrected chi connectivity index (χ4v) is 2.78. The van der Waals surface area contributed by atoms with Gasteiger partial charge in [0.15, 0.2) is 0 Å². The first kappa shape index (κ1) is 16.4. The molecule has 0 aromatic rings. The highest BCUT2D eigenvalue weighted by Gasteiger charge is 2.25. The van der Waals surface area contributed by atoms with Gasteiger partial charge in [0, 0.05) is 32.2 Å². The zero-order chi connectivity index (χ0) is 14.3. The van der Waals surface area contributed by atoms with Gasteiger partial charge in [0.05, 0.1) is 6.07 Å². The monoisotopic (exact) mass is 266 g/mol. The predicted molar refractivity (Wildman–Crippen MR) is 80.1 cm³/mol. The Morgan fingerprint density at radius 1 is 1.26 bits per heavy atom. The van der Waals surface area contributed by atoms with Crippen LogP contribution in [0.2, 0.25) is 0 Å². The zero-order valence-corrected chi connectivity index (χ0v) is 13.1. The number of nitriles is 1. The Kier molecular flexibility index (Phi) is 6.78. The minimum Gasteiger partial charge on any atom is -0.302 e. The molecule has 1 unspecified atom stereocenters. The summed E-state index contributed by atoms with van der Waals surface area (Å²) in [6, 6.07) is 3.10. The Hall–Kier alpha value is -0.630. The molecule has 1 fully saturated rings. The lowest BCUT2D eigenvalue weighted by Crippen LogP contribution is -2.49. The summed E-state index contributed by atoms with van der Waals surface area (Å²) >= 11 is 0. The van der Waals surface area contributed by atoms with Crippen LogP contribution in [0.5, 0.6) is 0 Å². The first-order chi connectivity index (χ1) is 9.06. The maximum atomic E-state index is 9.28. The van der Waals surface area contributed by atoms with Gasteiger partial charge in [-0.2, -0.15) is 5.26 Å². The molecule has 0 spiro atoms. The molecule has 110 valence electrons. The van der Waals surface area contributed by atoms with Crippen molar-refractivity contribution in [2.45, 2.75) is 51.6 Å². The van der Waals surface area contributed by atoms with Gasteiger partial charge in [-0.1, -0.05) is 6.92 Å². The smallest absolute Gasteiger partial charge is 0.106 e. The Labute approximate surface area is 118 Å². The predicted octanol–water partition coefficient (Wildman–Crippen LogP) is 1.68. The van der Waals surface area contributed by atoms with E-state index in [-0.39, 0.29) is 5.54 Å². The van der Waals surface area contributed by atoms with Crippen LogP contribution in [-0.2, 0) is 0 Å². The van der Waals surface area contributed by atoms with Gasteiger partial charge < -0.3 is 10.2 Å². The number of hydrogen-bond donors (Lipinski definition) is 1. The minimum absolute atomic E-state index is 0.320. The second-order valence-corrected chi connectivity index (χ2v) is 5.87. The van der Waals surface area contributed by atoms with E-state index in [1.54, 1.807) is 0 Å². The summed E-state index contributed by atoms with van der Waals surface area (Å²) in [6.45, 7) is 12.4. The van der Waals surface area contributed by atoms with Crippen LogP contribution < -0.4 is 5.32 Å². The van der Waals surface area contributed by atoms with Crippen molar-refractivity contribution in [2.75, 3.05) is 39.8 Å². The van der Waals surface area contributed by atoms with Crippen molar-refractivity contribution in [3.8, 4) is 6.07 Å². The van der Waals surface area contributed by atoms with Crippen LogP contribution in [0.1, 0.15) is 40.0 Å². The van der Waals surface area contributed by atoms with E-state index in [2.05, 4.69) is 42.0 Å². The molecule has 0 aromatic heterocycles. The molecular weight excluding hydrogens is 236 g/mol. The summed E-state index contributed by atoms with van der Waals surface area (Å²) in [5, 5.41) is 12.5. The van der Waals surface area contributed by atoms with Crippen molar-refractivity contribution in [3.63, 3.8) is 0 Å². The Balaban J connectivity index is 2.26. The summed E-state index contributed by atoms with van der Waals surface area (Å²) in [7, 11) is 1.90. The van der Waals surface area contributed by atoms with Crippen LogP contribution in [0.15, 0.2) is 0 Å². The van der Waals surface area contributed by atoms with Crippen molar-refractivity contribution >= 4 is 0 Å². The summed E-state index contributed by atoms with van der Waals surface area (Å²) in [5.74, 6) is 0. The molecule has 4 heteroatoms. The SMILES string of the molecule is CCC(C#N)(CCCN1CCN(C(C)C)CC1)NC. The van der Waals surface area contributed by atoms with E-state index < -0.39 is 0 Å². The van der Waals surface area contributed by atoms with Crippen LogP contribution in [0.25, 0.3) is 0 Å². The van der Waals surface area contributed by atoms with E-state index >= 15 is 0 Å². The number of hydrogen-bond acceptors (Lipinski definition) is 4. The van der Waals surface area contributed by atoms with Crippen molar-refractivity contribution in [1.82, 2.24) is 15.1 Å². The van der Waals surface area contributed by atoms with E-state index in [9.17, 15) is 5.26 Å². The molecule has 0 radical (unpaired) electrons. The van der Waals surface area contributed by atoms with Crippen LogP contribution in [-0.4, -0.2) is 61.2 Å². The average molecular weight is 266 g/mol. The molecule has 1 aliphatic heterocycles. The first-order valence-electron chi connectivity index (χ1n) is 7.63. The zero-order valence-electron chi connectivity index (χ0n) is 13.1. The summed E-state index contributed by atoms with van der Waals surface area (Å²) in [6.07, 6.45) is 2.92. The molecule has 0 saturated carbocycles. The standard InChI is InChI=1S/C15H30N4/c1-5-15(13-16,17-4)7-6-8-18-9-11-19(12-10-18)14(2)3/h14,17H,5-12H2,1-4H3. The van der Waals surface area contributed by atoms with Gasteiger partial charge >= 0.3 is 0 Å². The van der Waals surface area contributed by atoms with Crippen LogP contribution in [0.3, 0.4) is 0 Å². The highest BCUT2D eigenvalue weighted by molar-refractivity contribution is 5.05. The fraction of sp³-hybridized carbons (Fsp3) is 0.933. The lowest BCUT2D eigenvalue weighted by Gasteiger charge is -2.37. The third-order valence-electron chi connectivity index (χ3n) is 4.51. The van der Waals surface area contributed by atoms with Crippen molar-refractivity contribution in [1.29, 1.82) is 5.26 Å². The summed E-state index contributed by atoms with van der Waals surface area (Å²) in [5.41, 5.74) is -0.320. The summed E-state index contributed by atoms with van der Waals surface area (Å²) in [4.78, 5) is 5.07. The second-order valence-electron chi connectivity index (χ2n) is 5.87. The molecule has 1 saturated heterocycles. The van der Waals surface area contributed by atoms with Gasteiger partial charge in [0.25, 0.3) is 0 Å². The lowest BCUT2D eigenvalue weighted by atomic mass is 9.92. The van der Waals surface area contributed by atoms with Gasteiger partial charge in [0.2, 0.25) is 0 Å². The maximum absolute atomic E-state index is 9.28. The van der Waals surface area contributed by atoms with Crippen molar-refractivity contribution < 1.29 is 0 Å².